The Balaban J connectivity index is -0.000000133. The van der Waals surface area contributed by atoms with Gasteiger partial charge in [0.25, 0.3) is 0 Å². The van der Waals surface area contributed by atoms with E-state index in [1.165, 1.54) is 37.1 Å². The molecule has 1 aromatic heterocycles. The highest BCUT2D eigenvalue weighted by Gasteiger charge is 2.31. The van der Waals surface area contributed by atoms with Gasteiger partial charge in [-0.3, -0.25) is 0 Å². The van der Waals surface area contributed by atoms with E-state index in [1.807, 2.05) is 102 Å². The van der Waals surface area contributed by atoms with Crippen LogP contribution in [0.5, 0.6) is 0 Å². The third kappa shape index (κ3) is 35.0. The largest absolute Gasteiger partial charge is 0.444 e. The lowest BCUT2D eigenvalue weighted by atomic mass is 9.89. The zero-order chi connectivity index (χ0) is 35.4. The summed E-state index contributed by atoms with van der Waals surface area (Å²) in [6, 6.07) is 4.50. The van der Waals surface area contributed by atoms with Crippen molar-refractivity contribution in [3.63, 3.8) is 0 Å². The van der Waals surface area contributed by atoms with E-state index < -0.39 is 23.2 Å². The molecule has 1 amide bonds. The van der Waals surface area contributed by atoms with Crippen LogP contribution in [0.1, 0.15) is 116 Å². The lowest BCUT2D eigenvalue weighted by molar-refractivity contribution is -0.107. The summed E-state index contributed by atoms with van der Waals surface area (Å²) in [7, 11) is 6.38. The number of carbonyl (C=O) groups excluding carboxylic acids is 2. The second-order valence-electron chi connectivity index (χ2n) is 9.48. The molecule has 1 fully saturated rings. The predicted molar refractivity (Wildman–Crippen MR) is 195 cm³/mol. The Morgan fingerprint density at radius 3 is 1.88 bits per heavy atom. The number of hydrogen-bond donors (Lipinski definition) is 2. The minimum atomic E-state index is -1.29. The third-order valence-corrected chi connectivity index (χ3v) is 7.38. The highest BCUT2D eigenvalue weighted by Crippen LogP contribution is 2.25. The van der Waals surface area contributed by atoms with Crippen LogP contribution in [0.2, 0.25) is 0 Å². The first kappa shape index (κ1) is 54.2. The summed E-state index contributed by atoms with van der Waals surface area (Å²) in [5, 5.41) is 6.96. The number of aldehydes is 1. The molecule has 1 aliphatic heterocycles. The molecule has 8 nitrogen and oxygen atoms in total. The summed E-state index contributed by atoms with van der Waals surface area (Å²) in [4.78, 5) is 24.3. The van der Waals surface area contributed by atoms with Crippen LogP contribution in [0, 0.1) is 5.41 Å². The zero-order valence-corrected chi connectivity index (χ0v) is 33.2. The molecule has 0 saturated carbocycles. The normalized spacial score (nSPS) is 14.3. The van der Waals surface area contributed by atoms with Crippen molar-refractivity contribution in [3.8, 4) is 0 Å². The number of rotatable bonds is 7. The fourth-order valence-corrected chi connectivity index (χ4v) is 4.78. The number of nitrogens with one attached hydrogen (secondary N) is 2. The van der Waals surface area contributed by atoms with E-state index in [0.29, 0.717) is 12.8 Å². The molecule has 10 heteroatoms. The van der Waals surface area contributed by atoms with Crippen molar-refractivity contribution < 1.29 is 18.5 Å². The van der Waals surface area contributed by atoms with Crippen LogP contribution in [0.4, 0.5) is 4.79 Å². The molecule has 1 saturated heterocycles. The molecule has 1 aromatic rings. The van der Waals surface area contributed by atoms with E-state index >= 15 is 0 Å². The van der Waals surface area contributed by atoms with Gasteiger partial charge in [-0.1, -0.05) is 102 Å². The number of likely N-dealkylation sites (tertiary alicyclic amines) is 1. The van der Waals surface area contributed by atoms with E-state index in [1.54, 1.807) is 17.4 Å². The van der Waals surface area contributed by atoms with Gasteiger partial charge in [0.15, 0.2) is 0 Å². The van der Waals surface area contributed by atoms with Crippen molar-refractivity contribution in [1.29, 1.82) is 0 Å². The number of hydrogen-bond acceptors (Lipinski definition) is 7. The van der Waals surface area contributed by atoms with Crippen LogP contribution in [0.3, 0.4) is 0 Å². The molecule has 0 spiro atoms. The summed E-state index contributed by atoms with van der Waals surface area (Å²) in [5.74, 6) is 0. The zero-order valence-electron chi connectivity index (χ0n) is 31.6. The number of ether oxygens (including phenoxy) is 1. The second-order valence-corrected chi connectivity index (χ2v) is 12.2. The van der Waals surface area contributed by atoms with Crippen molar-refractivity contribution in [3.05, 3.63) is 17.5 Å². The molecule has 0 bridgehead atoms. The van der Waals surface area contributed by atoms with Crippen LogP contribution in [-0.4, -0.2) is 85.8 Å². The molecule has 0 aromatic carbocycles. The van der Waals surface area contributed by atoms with Crippen LogP contribution in [-0.2, 0) is 20.5 Å². The number of thiophene rings is 1. The Labute approximate surface area is 275 Å². The van der Waals surface area contributed by atoms with Gasteiger partial charge in [0.1, 0.15) is 27.6 Å². The topological polar surface area (TPSA) is 91.0 Å². The Morgan fingerprint density at radius 1 is 1.14 bits per heavy atom. The molecule has 3 atom stereocenters. The van der Waals surface area contributed by atoms with Gasteiger partial charge in [0.05, 0.1) is 6.54 Å². The van der Waals surface area contributed by atoms with Crippen LogP contribution < -0.4 is 10.6 Å². The number of carbonyl (C=O) groups is 2. The van der Waals surface area contributed by atoms with E-state index in [9.17, 15) is 13.8 Å². The fraction of sp³-hybridized carbons (Fsp3) is 0.818. The fourth-order valence-electron chi connectivity index (χ4n) is 2.68. The molecule has 0 radical (unpaired) electrons. The maximum atomic E-state index is 12.4. The van der Waals surface area contributed by atoms with Gasteiger partial charge in [-0.15, -0.1) is 11.3 Å². The molecular formula is C33H74N4O4S2. The smallest absolute Gasteiger partial charge is 0.407 e. The summed E-state index contributed by atoms with van der Waals surface area (Å²) in [6.07, 6.45) is 3.52. The van der Waals surface area contributed by atoms with Crippen LogP contribution in [0.15, 0.2) is 21.7 Å². The second kappa shape index (κ2) is 40.7. The van der Waals surface area contributed by atoms with Gasteiger partial charge in [-0.2, -0.15) is 0 Å². The van der Waals surface area contributed by atoms with Gasteiger partial charge in [0.2, 0.25) is 0 Å². The molecule has 43 heavy (non-hydrogen) atoms. The summed E-state index contributed by atoms with van der Waals surface area (Å²) < 4.78 is 20.1. The number of amides is 1. The number of alkyl carbamates (subject to hydrolysis) is 1. The van der Waals surface area contributed by atoms with E-state index in [4.69, 9.17) is 4.74 Å². The van der Waals surface area contributed by atoms with Crippen molar-refractivity contribution >= 4 is 34.7 Å². The predicted octanol–water partition coefficient (Wildman–Crippen LogP) is 8.50. The Bertz CT molecular complexity index is 675. The van der Waals surface area contributed by atoms with Crippen molar-refractivity contribution in [1.82, 2.24) is 19.8 Å². The van der Waals surface area contributed by atoms with Gasteiger partial charge in [-0.05, 0) is 58.9 Å². The first-order valence-corrected chi connectivity index (χ1v) is 18.2. The molecule has 2 unspecified atom stereocenters. The number of likely N-dealkylation sites (N-methyl/N-ethyl adjacent to an activating group) is 1. The standard InChI is InChI=1S/C14H22N2O4S2.C6H13N.C3H8.C2H7N.4C2H6/c1-14(2,3)11(20-13(18)15-7-8-17)10-16(4)22(19)12-6-5-9-21-12;1-6-4-3-5-7(6)2;2*1-3-2;4*1-2/h5-6,8-9,11H,7,10H2,1-4H3,(H,15,18);6H,3-5H2,1-2H3;3H2,1-2H3;3H,1-2H3;4*1-2H3/t;6-;;;;;;/m.1....../s1. The minimum Gasteiger partial charge on any atom is -0.444 e. The van der Waals surface area contributed by atoms with Gasteiger partial charge < -0.3 is 25.1 Å². The average molecular weight is 655 g/mol. The SMILES string of the molecule is CC.CC.CC.CC.CCC.CN(CC(OC(=O)NCC=O)C(C)(C)C)S(=O)c1cccs1.CNC.C[C@@H]1CCCN1C. The quantitative estimate of drug-likeness (QED) is 0.287. The van der Waals surface area contributed by atoms with Crippen molar-refractivity contribution in [2.24, 2.45) is 5.41 Å². The van der Waals surface area contributed by atoms with E-state index in [-0.39, 0.29) is 12.0 Å². The molecule has 1 aliphatic rings. The molecule has 2 heterocycles. The summed E-state index contributed by atoms with van der Waals surface area (Å²) >= 11 is 1.42. The van der Waals surface area contributed by atoms with Crippen LogP contribution >= 0.6 is 11.3 Å². The maximum absolute atomic E-state index is 12.4. The lowest BCUT2D eigenvalue weighted by Crippen LogP contribution is -2.43. The average Bonchev–Trinajstić information content (AvgIpc) is 3.68. The first-order valence-electron chi connectivity index (χ1n) is 16.2. The molecule has 2 N–H and O–H groups in total. The summed E-state index contributed by atoms with van der Waals surface area (Å²) in [6.45, 7) is 29.9. The molecular weight excluding hydrogens is 581 g/mol. The van der Waals surface area contributed by atoms with Crippen LogP contribution in [0.25, 0.3) is 0 Å². The lowest BCUT2D eigenvalue weighted by Gasteiger charge is -2.32. The van der Waals surface area contributed by atoms with Crippen molar-refractivity contribution in [2.75, 3.05) is 47.8 Å². The Kier molecular flexibility index (Phi) is 51.2. The number of nitrogens with zero attached hydrogens (tertiary/aromatic N) is 2. The summed E-state index contributed by atoms with van der Waals surface area (Å²) in [5.41, 5.74) is -0.327. The maximum Gasteiger partial charge on any atom is 0.407 e. The molecule has 2 rings (SSSR count). The minimum absolute atomic E-state index is 0.0906. The monoisotopic (exact) mass is 655 g/mol. The Morgan fingerprint density at radius 2 is 1.60 bits per heavy atom. The van der Waals surface area contributed by atoms with E-state index in [0.717, 1.165) is 10.3 Å². The Hall–Kier alpha value is -1.33. The van der Waals surface area contributed by atoms with Gasteiger partial charge >= 0.3 is 6.09 Å². The van der Waals surface area contributed by atoms with Gasteiger partial charge in [-0.25, -0.2) is 13.3 Å². The van der Waals surface area contributed by atoms with E-state index in [2.05, 4.69) is 43.4 Å². The highest BCUT2D eigenvalue weighted by atomic mass is 32.2. The van der Waals surface area contributed by atoms with Gasteiger partial charge in [0, 0.05) is 25.0 Å². The highest BCUT2D eigenvalue weighted by molar-refractivity contribution is 7.85. The van der Waals surface area contributed by atoms with Crippen molar-refractivity contribution in [2.45, 2.75) is 133 Å². The third-order valence-electron chi connectivity index (χ3n) is 4.80. The first-order chi connectivity index (χ1) is 20.4. The molecule has 262 valence electrons. The molecule has 0 aliphatic carbocycles.